The molecular weight excluding hydrogens is 462 g/mol. The fourth-order valence-electron chi connectivity index (χ4n) is 4.73. The Morgan fingerprint density at radius 3 is 2.30 bits per heavy atom. The van der Waals surface area contributed by atoms with Gasteiger partial charge >= 0.3 is 6.18 Å². The largest absolute Gasteiger partial charge is 0.481 e. The van der Waals surface area contributed by atoms with Crippen molar-refractivity contribution in [3.63, 3.8) is 0 Å². The Bertz CT molecular complexity index is 1340. The zero-order valence-corrected chi connectivity index (χ0v) is 18.4. The summed E-state index contributed by atoms with van der Waals surface area (Å²) < 4.78 is 80.9. The third kappa shape index (κ3) is 4.23. The van der Waals surface area contributed by atoms with Gasteiger partial charge in [0.15, 0.2) is 9.84 Å². The van der Waals surface area contributed by atoms with E-state index in [-0.39, 0.29) is 10.6 Å². The minimum absolute atomic E-state index is 0.0231. The summed E-state index contributed by atoms with van der Waals surface area (Å²) in [5, 5.41) is 8.02. The number of fused-ring (bicyclic) bond motifs is 3. The van der Waals surface area contributed by atoms with Crippen molar-refractivity contribution in [1.82, 2.24) is 4.57 Å². The summed E-state index contributed by atoms with van der Waals surface area (Å²) in [7, 11) is -3.79. The van der Waals surface area contributed by atoms with Crippen LogP contribution in [0.25, 0.3) is 10.9 Å². The molecule has 0 radical (unpaired) electrons. The molecule has 1 aromatic heterocycles. The second-order valence-electron chi connectivity index (χ2n) is 8.24. The number of carboxylic acids is 1. The number of hydrogen-bond donors (Lipinski definition) is 1. The summed E-state index contributed by atoms with van der Waals surface area (Å²) in [6.07, 6.45) is -1.10. The normalized spacial score (nSPS) is 18.9. The van der Waals surface area contributed by atoms with Crippen LogP contribution in [0.15, 0.2) is 41.3 Å². The number of carboxylic acid groups (broad SMARTS) is 1. The van der Waals surface area contributed by atoms with Crippen molar-refractivity contribution in [2.45, 2.75) is 49.7 Å². The third-order valence-electron chi connectivity index (χ3n) is 5.98. The number of rotatable bonds is 1. The molecular formula is C23H21F4NO4S. The molecule has 0 spiro atoms. The van der Waals surface area contributed by atoms with Gasteiger partial charge in [0.05, 0.1) is 27.8 Å². The van der Waals surface area contributed by atoms with E-state index in [0.717, 1.165) is 62.1 Å². The van der Waals surface area contributed by atoms with E-state index < -0.39 is 39.4 Å². The molecule has 0 saturated carbocycles. The molecule has 3 aromatic rings. The molecule has 2 heterocycles. The van der Waals surface area contributed by atoms with Gasteiger partial charge in [-0.2, -0.15) is 13.2 Å². The van der Waals surface area contributed by atoms with Gasteiger partial charge in [0.25, 0.3) is 5.97 Å². The van der Waals surface area contributed by atoms with Crippen LogP contribution in [0.5, 0.6) is 0 Å². The molecule has 2 aromatic carbocycles. The number of aliphatic carboxylic acids is 1. The molecule has 0 unspecified atom stereocenters. The van der Waals surface area contributed by atoms with Crippen LogP contribution in [-0.4, -0.2) is 29.8 Å². The highest BCUT2D eigenvalue weighted by Crippen LogP contribution is 2.44. The Balaban J connectivity index is 0.000000601. The molecule has 1 aliphatic carbocycles. The molecule has 0 amide bonds. The lowest BCUT2D eigenvalue weighted by molar-refractivity contribution is -0.137. The lowest BCUT2D eigenvalue weighted by atomic mass is 9.95. The summed E-state index contributed by atoms with van der Waals surface area (Å²) in [5.41, 5.74) is 2.14. The Kier molecular flexibility index (Phi) is 5.76. The number of hydrogen-bond acceptors (Lipinski definition) is 3. The minimum atomic E-state index is -4.46. The lowest BCUT2D eigenvalue weighted by Crippen LogP contribution is -2.28. The second kappa shape index (κ2) is 8.16. The lowest BCUT2D eigenvalue weighted by Gasteiger charge is -2.29. The van der Waals surface area contributed by atoms with Crippen LogP contribution in [0.3, 0.4) is 0 Å². The molecule has 5 rings (SSSR count). The predicted molar refractivity (Wildman–Crippen MR) is 113 cm³/mol. The maximum atomic E-state index is 14.2. The van der Waals surface area contributed by atoms with Crippen molar-refractivity contribution in [2.75, 3.05) is 5.75 Å². The Morgan fingerprint density at radius 1 is 1.09 bits per heavy atom. The molecule has 2 aliphatic rings. The number of alkyl halides is 3. The number of sulfone groups is 1. The number of halogens is 4. The Hall–Kier alpha value is -2.88. The van der Waals surface area contributed by atoms with Crippen LogP contribution in [0, 0.1) is 5.82 Å². The smallest absolute Gasteiger partial charge is 0.416 e. The van der Waals surface area contributed by atoms with Crippen LogP contribution in [-0.2, 0) is 33.6 Å². The summed E-state index contributed by atoms with van der Waals surface area (Å²) in [6.45, 7) is 1.08. The fourth-order valence-corrected chi connectivity index (χ4v) is 6.46. The molecule has 0 saturated heterocycles. The zero-order valence-electron chi connectivity index (χ0n) is 17.6. The zero-order chi connectivity index (χ0) is 24.1. The van der Waals surface area contributed by atoms with Crippen LogP contribution < -0.4 is 0 Å². The fraction of sp³-hybridized carbons (Fsp3) is 0.348. The molecule has 0 fully saturated rings. The summed E-state index contributed by atoms with van der Waals surface area (Å²) in [6, 6.07) is 6.46. The van der Waals surface area contributed by atoms with Gasteiger partial charge in [-0.05, 0) is 61.1 Å². The number of carbonyl (C=O) groups is 1. The van der Waals surface area contributed by atoms with Gasteiger partial charge in [-0.3, -0.25) is 4.79 Å². The standard InChI is InChI=1S/C21H17F4NO2S.C2H4O2/c22-14-9-16-15-3-1-2-4-17(15)26-18(11-29(27,28)19(10-14)20(16)26)12-5-7-13(8-6-12)21(23,24)25;1-2(3)4/h5-10,18H,1-4,11H2;1H3,(H,3,4)/t18-;/m0./s1. The summed E-state index contributed by atoms with van der Waals surface area (Å²) in [5.74, 6) is -1.72. The van der Waals surface area contributed by atoms with Crippen LogP contribution in [0.1, 0.15) is 48.2 Å². The Morgan fingerprint density at radius 2 is 1.70 bits per heavy atom. The Labute approximate surface area is 187 Å². The van der Waals surface area contributed by atoms with E-state index >= 15 is 0 Å². The summed E-state index contributed by atoms with van der Waals surface area (Å²) >= 11 is 0. The van der Waals surface area contributed by atoms with E-state index in [1.54, 1.807) is 0 Å². The quantitative estimate of drug-likeness (QED) is 0.486. The van der Waals surface area contributed by atoms with Crippen LogP contribution >= 0.6 is 0 Å². The van der Waals surface area contributed by atoms with Gasteiger partial charge in [-0.15, -0.1) is 0 Å². The number of nitrogens with zero attached hydrogens (tertiary/aromatic N) is 1. The van der Waals surface area contributed by atoms with Crippen molar-refractivity contribution >= 4 is 26.7 Å². The van der Waals surface area contributed by atoms with Gasteiger partial charge in [-0.1, -0.05) is 12.1 Å². The molecule has 1 atom stereocenters. The molecule has 0 bridgehead atoms. The van der Waals surface area contributed by atoms with Crippen molar-refractivity contribution in [3.05, 3.63) is 64.6 Å². The summed E-state index contributed by atoms with van der Waals surface area (Å²) in [4.78, 5) is 8.98. The second-order valence-corrected chi connectivity index (χ2v) is 10.2. The highest BCUT2D eigenvalue weighted by Gasteiger charge is 2.38. The molecule has 176 valence electrons. The monoisotopic (exact) mass is 483 g/mol. The van der Waals surface area contributed by atoms with Crippen molar-refractivity contribution in [3.8, 4) is 0 Å². The van der Waals surface area contributed by atoms with E-state index in [9.17, 15) is 26.0 Å². The van der Waals surface area contributed by atoms with Gasteiger partial charge in [-0.25, -0.2) is 12.8 Å². The number of aryl methyl sites for hydroxylation is 1. The number of aromatic nitrogens is 1. The van der Waals surface area contributed by atoms with Crippen molar-refractivity contribution < 1.29 is 35.9 Å². The predicted octanol–water partition coefficient (Wildman–Crippen LogP) is 5.15. The van der Waals surface area contributed by atoms with E-state index in [1.807, 2.05) is 4.57 Å². The first kappa shape index (κ1) is 23.3. The van der Waals surface area contributed by atoms with E-state index in [0.29, 0.717) is 16.5 Å². The van der Waals surface area contributed by atoms with Crippen LogP contribution in [0.4, 0.5) is 17.6 Å². The first-order valence-electron chi connectivity index (χ1n) is 10.3. The van der Waals surface area contributed by atoms with Gasteiger partial charge in [0, 0.05) is 18.0 Å². The maximum Gasteiger partial charge on any atom is 0.416 e. The van der Waals surface area contributed by atoms with E-state index in [2.05, 4.69) is 0 Å². The minimum Gasteiger partial charge on any atom is -0.481 e. The number of benzene rings is 2. The molecule has 5 nitrogen and oxygen atoms in total. The van der Waals surface area contributed by atoms with Crippen molar-refractivity contribution in [2.24, 2.45) is 0 Å². The van der Waals surface area contributed by atoms with Gasteiger partial charge in [0.1, 0.15) is 5.82 Å². The maximum absolute atomic E-state index is 14.2. The van der Waals surface area contributed by atoms with Gasteiger partial charge < -0.3 is 9.67 Å². The molecule has 1 aliphatic heterocycles. The highest BCUT2D eigenvalue weighted by atomic mass is 32.2. The first-order chi connectivity index (χ1) is 15.4. The third-order valence-corrected chi connectivity index (χ3v) is 7.72. The van der Waals surface area contributed by atoms with Crippen LogP contribution in [0.2, 0.25) is 0 Å². The SMILES string of the molecule is CC(=O)O.O=S1(=O)C[C@@H](c2ccc(C(F)(F)F)cc2)n2c3c(c4cc(F)cc1c42)CCCC3. The average molecular weight is 483 g/mol. The average Bonchev–Trinajstić information content (AvgIpc) is 3.04. The van der Waals surface area contributed by atoms with Crippen molar-refractivity contribution in [1.29, 1.82) is 0 Å². The highest BCUT2D eigenvalue weighted by molar-refractivity contribution is 7.91. The molecule has 33 heavy (non-hydrogen) atoms. The first-order valence-corrected chi connectivity index (χ1v) is 12.0. The van der Waals surface area contributed by atoms with E-state index in [4.69, 9.17) is 9.90 Å². The van der Waals surface area contributed by atoms with Gasteiger partial charge in [0.2, 0.25) is 0 Å². The van der Waals surface area contributed by atoms with E-state index in [1.165, 1.54) is 18.2 Å². The molecule has 10 heteroatoms. The molecule has 1 N–H and O–H groups in total. The topological polar surface area (TPSA) is 76.4 Å².